The summed E-state index contributed by atoms with van der Waals surface area (Å²) in [4.78, 5) is 16.8. The number of likely N-dealkylation sites (N-methyl/N-ethyl adjacent to an activating group) is 1. The number of aryl methyl sites for hydroxylation is 1. The fraction of sp³-hybridized carbons (Fsp3) is 0.682. The third kappa shape index (κ3) is 5.53. The van der Waals surface area contributed by atoms with Crippen LogP contribution in [0.4, 0.5) is 0 Å². The number of rotatable bonds is 5. The van der Waals surface area contributed by atoms with Gasteiger partial charge in [0.2, 0.25) is 5.91 Å². The first-order valence-corrected chi connectivity index (χ1v) is 10.3. The fourth-order valence-electron chi connectivity index (χ4n) is 4.33. The molecular formula is C22H35N3O2. The van der Waals surface area contributed by atoms with Crippen molar-refractivity contribution in [2.75, 3.05) is 33.2 Å². The van der Waals surface area contributed by atoms with Crippen LogP contribution in [0.5, 0.6) is 0 Å². The van der Waals surface area contributed by atoms with Crippen molar-refractivity contribution < 1.29 is 9.90 Å². The van der Waals surface area contributed by atoms with Crippen LogP contribution in [0, 0.1) is 0 Å². The predicted octanol–water partition coefficient (Wildman–Crippen LogP) is 2.18. The normalized spacial score (nSPS) is 25.4. The molecule has 2 fully saturated rings. The van der Waals surface area contributed by atoms with E-state index in [2.05, 4.69) is 46.4 Å². The van der Waals surface area contributed by atoms with Crippen LogP contribution in [0.1, 0.15) is 50.7 Å². The Bertz CT molecular complexity index is 638. The van der Waals surface area contributed by atoms with Gasteiger partial charge in [0.05, 0.1) is 5.60 Å². The molecule has 0 saturated carbocycles. The quantitative estimate of drug-likeness (QED) is 0.831. The number of benzene rings is 1. The van der Waals surface area contributed by atoms with E-state index in [9.17, 15) is 9.90 Å². The highest BCUT2D eigenvalue weighted by Crippen LogP contribution is 2.31. The molecule has 150 valence electrons. The highest BCUT2D eigenvalue weighted by Gasteiger charge is 2.40. The molecule has 0 aliphatic carbocycles. The highest BCUT2D eigenvalue weighted by atomic mass is 16.3. The van der Waals surface area contributed by atoms with Crippen molar-refractivity contribution in [1.29, 1.82) is 0 Å². The topological polar surface area (TPSA) is 55.8 Å². The standard InChI is InChI=1S/C22H35N3O2/c1-21(2,27)10-8-18-4-6-19(7-5-18)16-25-15-14-24(3)22(17-25)11-9-20(26)23-13-12-22/h4-7,27H,8-17H2,1-3H3,(H,23,26)/t22-/m1/s1. The number of nitrogens with zero attached hydrogens (tertiary/aromatic N) is 2. The Morgan fingerprint density at radius 2 is 1.85 bits per heavy atom. The first-order valence-electron chi connectivity index (χ1n) is 10.3. The van der Waals surface area contributed by atoms with Gasteiger partial charge < -0.3 is 10.4 Å². The molecule has 2 aliphatic heterocycles. The second-order valence-corrected chi connectivity index (χ2v) is 9.09. The van der Waals surface area contributed by atoms with E-state index in [0.29, 0.717) is 6.42 Å². The van der Waals surface area contributed by atoms with Gasteiger partial charge in [-0.1, -0.05) is 24.3 Å². The van der Waals surface area contributed by atoms with Gasteiger partial charge in [-0.3, -0.25) is 14.6 Å². The van der Waals surface area contributed by atoms with Gasteiger partial charge in [-0.2, -0.15) is 0 Å². The number of piperazine rings is 1. The molecule has 1 amide bonds. The number of hydrogen-bond donors (Lipinski definition) is 2. The predicted molar refractivity (Wildman–Crippen MR) is 109 cm³/mol. The van der Waals surface area contributed by atoms with E-state index in [1.54, 1.807) is 0 Å². The van der Waals surface area contributed by atoms with Crippen molar-refractivity contribution in [2.24, 2.45) is 0 Å². The summed E-state index contributed by atoms with van der Waals surface area (Å²) in [6.45, 7) is 8.62. The number of carbonyl (C=O) groups is 1. The Labute approximate surface area is 163 Å². The number of nitrogens with one attached hydrogen (secondary N) is 1. The van der Waals surface area contributed by atoms with Gasteiger partial charge in [-0.25, -0.2) is 0 Å². The SMILES string of the molecule is CN1CCN(Cc2ccc(CCC(C)(C)O)cc2)C[C@@]12CCNC(=O)CC2. The average molecular weight is 374 g/mol. The minimum atomic E-state index is -0.609. The van der Waals surface area contributed by atoms with Gasteiger partial charge in [0.1, 0.15) is 0 Å². The summed E-state index contributed by atoms with van der Waals surface area (Å²) in [6, 6.07) is 8.84. The first-order chi connectivity index (χ1) is 12.8. The molecule has 3 rings (SSSR count). The second-order valence-electron chi connectivity index (χ2n) is 9.09. The van der Waals surface area contributed by atoms with Gasteiger partial charge in [-0.05, 0) is 57.7 Å². The van der Waals surface area contributed by atoms with E-state index in [1.165, 1.54) is 11.1 Å². The first kappa shape index (κ1) is 20.3. The molecule has 0 radical (unpaired) electrons. The minimum absolute atomic E-state index is 0.115. The van der Waals surface area contributed by atoms with E-state index in [-0.39, 0.29) is 11.4 Å². The maximum absolute atomic E-state index is 11.8. The molecule has 1 spiro atoms. The maximum atomic E-state index is 11.8. The molecule has 2 saturated heterocycles. The number of hydrogen-bond acceptors (Lipinski definition) is 4. The molecule has 2 heterocycles. The second kappa shape index (κ2) is 8.29. The molecule has 1 aromatic rings. The van der Waals surface area contributed by atoms with Crippen LogP contribution < -0.4 is 5.32 Å². The average Bonchev–Trinajstić information content (AvgIpc) is 2.80. The van der Waals surface area contributed by atoms with E-state index >= 15 is 0 Å². The molecule has 2 N–H and O–H groups in total. The molecule has 5 nitrogen and oxygen atoms in total. The lowest BCUT2D eigenvalue weighted by molar-refractivity contribution is -0.121. The van der Waals surface area contributed by atoms with E-state index < -0.39 is 5.60 Å². The Balaban J connectivity index is 1.59. The summed E-state index contributed by atoms with van der Waals surface area (Å²) in [5.41, 5.74) is 2.12. The van der Waals surface area contributed by atoms with E-state index in [1.807, 2.05) is 13.8 Å². The minimum Gasteiger partial charge on any atom is -0.390 e. The van der Waals surface area contributed by atoms with Crippen molar-refractivity contribution >= 4 is 5.91 Å². The molecule has 0 bridgehead atoms. The zero-order chi connectivity index (χ0) is 19.5. The fourth-order valence-corrected chi connectivity index (χ4v) is 4.33. The van der Waals surface area contributed by atoms with Crippen LogP contribution in [0.2, 0.25) is 0 Å². The van der Waals surface area contributed by atoms with Crippen LogP contribution >= 0.6 is 0 Å². The Morgan fingerprint density at radius 3 is 2.56 bits per heavy atom. The monoisotopic (exact) mass is 373 g/mol. The van der Waals surface area contributed by atoms with Gasteiger partial charge in [0.25, 0.3) is 0 Å². The third-order valence-electron chi connectivity index (χ3n) is 6.26. The van der Waals surface area contributed by atoms with Crippen LogP contribution in [0.25, 0.3) is 0 Å². The largest absolute Gasteiger partial charge is 0.390 e. The molecular weight excluding hydrogens is 338 g/mol. The summed E-state index contributed by atoms with van der Waals surface area (Å²) in [5.74, 6) is 0.194. The smallest absolute Gasteiger partial charge is 0.220 e. The Hall–Kier alpha value is -1.43. The summed E-state index contributed by atoms with van der Waals surface area (Å²) in [6.07, 6.45) is 4.29. The zero-order valence-electron chi connectivity index (χ0n) is 17.1. The zero-order valence-corrected chi connectivity index (χ0v) is 17.1. The summed E-state index contributed by atoms with van der Waals surface area (Å²) in [5, 5.41) is 12.9. The summed E-state index contributed by atoms with van der Waals surface area (Å²) >= 11 is 0. The lowest BCUT2D eigenvalue weighted by Crippen LogP contribution is -2.60. The molecule has 0 aromatic heterocycles. The molecule has 0 unspecified atom stereocenters. The van der Waals surface area contributed by atoms with Crippen molar-refractivity contribution in [3.63, 3.8) is 0 Å². The summed E-state index contributed by atoms with van der Waals surface area (Å²) in [7, 11) is 2.21. The lowest BCUT2D eigenvalue weighted by Gasteiger charge is -2.49. The third-order valence-corrected chi connectivity index (χ3v) is 6.26. The number of carbonyl (C=O) groups excluding carboxylic acids is 1. The molecule has 1 aromatic carbocycles. The van der Waals surface area contributed by atoms with Gasteiger partial charge >= 0.3 is 0 Å². The van der Waals surface area contributed by atoms with Crippen molar-refractivity contribution in [2.45, 2.75) is 63.6 Å². The molecule has 2 aliphatic rings. The number of aliphatic hydroxyl groups is 1. The van der Waals surface area contributed by atoms with Gasteiger partial charge in [0, 0.05) is 44.7 Å². The lowest BCUT2D eigenvalue weighted by atomic mass is 9.86. The maximum Gasteiger partial charge on any atom is 0.220 e. The Morgan fingerprint density at radius 1 is 1.15 bits per heavy atom. The molecule has 27 heavy (non-hydrogen) atoms. The summed E-state index contributed by atoms with van der Waals surface area (Å²) < 4.78 is 0. The molecule has 1 atom stereocenters. The van der Waals surface area contributed by atoms with Crippen molar-refractivity contribution in [1.82, 2.24) is 15.1 Å². The van der Waals surface area contributed by atoms with E-state index in [4.69, 9.17) is 0 Å². The van der Waals surface area contributed by atoms with Crippen LogP contribution in [-0.2, 0) is 17.8 Å². The van der Waals surface area contributed by atoms with E-state index in [0.717, 1.165) is 58.4 Å². The van der Waals surface area contributed by atoms with Crippen LogP contribution in [-0.4, -0.2) is 65.2 Å². The molecule has 5 heteroatoms. The van der Waals surface area contributed by atoms with Gasteiger partial charge in [0.15, 0.2) is 0 Å². The van der Waals surface area contributed by atoms with Crippen molar-refractivity contribution in [3.05, 3.63) is 35.4 Å². The van der Waals surface area contributed by atoms with Crippen LogP contribution in [0.15, 0.2) is 24.3 Å². The highest BCUT2D eigenvalue weighted by molar-refractivity contribution is 5.76. The van der Waals surface area contributed by atoms with Gasteiger partial charge in [-0.15, -0.1) is 0 Å². The van der Waals surface area contributed by atoms with Crippen LogP contribution in [0.3, 0.4) is 0 Å². The van der Waals surface area contributed by atoms with Crippen molar-refractivity contribution in [3.8, 4) is 0 Å². The number of amides is 1. The Kier molecular flexibility index (Phi) is 6.24.